The molecule has 1 unspecified atom stereocenters. The van der Waals surface area contributed by atoms with E-state index in [1.807, 2.05) is 29.2 Å². The smallest absolute Gasteiger partial charge is 0.231 e. The van der Waals surface area contributed by atoms with Crippen molar-refractivity contribution < 1.29 is 9.90 Å². The lowest BCUT2D eigenvalue weighted by molar-refractivity contribution is -0.133. The number of carbonyl (C=O) groups excluding carboxylic acids is 1. The predicted octanol–water partition coefficient (Wildman–Crippen LogP) is 2.86. The van der Waals surface area contributed by atoms with Crippen LogP contribution in [0.3, 0.4) is 0 Å². The number of anilines is 1. The summed E-state index contributed by atoms with van der Waals surface area (Å²) >= 11 is 6.07. The minimum atomic E-state index is -0.510. The van der Waals surface area contributed by atoms with Gasteiger partial charge in [0, 0.05) is 49.4 Å². The van der Waals surface area contributed by atoms with Crippen LogP contribution in [0.5, 0.6) is 0 Å². The third kappa shape index (κ3) is 4.34. The number of amides is 1. The van der Waals surface area contributed by atoms with E-state index in [4.69, 9.17) is 11.6 Å². The molecule has 1 aromatic carbocycles. The summed E-state index contributed by atoms with van der Waals surface area (Å²) in [5, 5.41) is 14.5. The molecule has 2 N–H and O–H groups in total. The Morgan fingerprint density at radius 3 is 2.59 bits per heavy atom. The van der Waals surface area contributed by atoms with Gasteiger partial charge in [0.25, 0.3) is 0 Å². The highest BCUT2D eigenvalue weighted by Crippen LogP contribution is 2.42. The van der Waals surface area contributed by atoms with Crippen LogP contribution in [0.25, 0.3) is 0 Å². The third-order valence-electron chi connectivity index (χ3n) is 6.93. The van der Waals surface area contributed by atoms with Gasteiger partial charge in [-0.3, -0.25) is 4.79 Å². The van der Waals surface area contributed by atoms with Crippen molar-refractivity contribution in [3.8, 4) is 0 Å². The van der Waals surface area contributed by atoms with Crippen LogP contribution in [0.15, 0.2) is 30.6 Å². The van der Waals surface area contributed by atoms with Crippen LogP contribution < -0.4 is 10.2 Å². The van der Waals surface area contributed by atoms with Gasteiger partial charge >= 0.3 is 0 Å². The van der Waals surface area contributed by atoms with Crippen molar-refractivity contribution >= 4 is 23.3 Å². The average Bonchev–Trinajstić information content (AvgIpc) is 3.59. The van der Waals surface area contributed by atoms with Gasteiger partial charge in [0.05, 0.1) is 17.7 Å². The standard InChI is InChI=1S/C24H30ClN5O2/c1-15-12-20(31)22-21(15)23(28-14-27-22)29-8-10-30(11-9-29)24(32)19(13-26-18-6-7-18)16-2-4-17(25)5-3-16/h2-5,14-15,18-20,26,31H,6-13H2,1H3/t15?,19-,20-/m1/s1. The lowest BCUT2D eigenvalue weighted by Crippen LogP contribution is -2.51. The molecule has 2 fully saturated rings. The quantitative estimate of drug-likeness (QED) is 0.697. The first kappa shape index (κ1) is 21.6. The Bertz CT molecular complexity index is 973. The molecule has 1 saturated carbocycles. The van der Waals surface area contributed by atoms with Crippen LogP contribution in [0.1, 0.15) is 60.9 Å². The van der Waals surface area contributed by atoms with Gasteiger partial charge < -0.3 is 20.2 Å². The summed E-state index contributed by atoms with van der Waals surface area (Å²) in [6.07, 6.45) is 4.11. The second-order valence-electron chi connectivity index (χ2n) is 9.25. The monoisotopic (exact) mass is 455 g/mol. The van der Waals surface area contributed by atoms with E-state index in [9.17, 15) is 9.90 Å². The number of hydrogen-bond donors (Lipinski definition) is 2. The lowest BCUT2D eigenvalue weighted by atomic mass is 9.97. The summed E-state index contributed by atoms with van der Waals surface area (Å²) in [5.41, 5.74) is 2.83. The number of aliphatic hydroxyl groups is 1. The first-order valence-electron chi connectivity index (χ1n) is 11.6. The summed E-state index contributed by atoms with van der Waals surface area (Å²) in [6, 6.07) is 8.19. The lowest BCUT2D eigenvalue weighted by Gasteiger charge is -2.38. The Hall–Kier alpha value is -2.22. The maximum absolute atomic E-state index is 13.5. The van der Waals surface area contributed by atoms with Crippen LogP contribution in [0, 0.1) is 0 Å². The molecule has 7 nitrogen and oxygen atoms in total. The summed E-state index contributed by atoms with van der Waals surface area (Å²) in [4.78, 5) is 26.6. The van der Waals surface area contributed by atoms with Gasteiger partial charge in [0.15, 0.2) is 0 Å². The number of aromatic nitrogens is 2. The molecule has 2 heterocycles. The zero-order valence-electron chi connectivity index (χ0n) is 18.4. The first-order valence-corrected chi connectivity index (χ1v) is 11.9. The highest BCUT2D eigenvalue weighted by Gasteiger charge is 2.35. The number of rotatable bonds is 6. The Morgan fingerprint density at radius 2 is 1.91 bits per heavy atom. The van der Waals surface area contributed by atoms with Crippen molar-refractivity contribution in [2.75, 3.05) is 37.6 Å². The van der Waals surface area contributed by atoms with E-state index in [0.717, 1.165) is 35.7 Å². The normalized spacial score (nSPS) is 23.8. The molecule has 170 valence electrons. The SMILES string of the molecule is CC1C[C@@H](O)c2ncnc(N3CCN(C(=O)[C@H](CNC4CC4)c4ccc(Cl)cc4)CC3)c21. The van der Waals surface area contributed by atoms with Gasteiger partial charge in [-0.1, -0.05) is 30.7 Å². The van der Waals surface area contributed by atoms with Gasteiger partial charge in [0.1, 0.15) is 12.1 Å². The molecule has 3 aliphatic rings. The molecule has 1 saturated heterocycles. The third-order valence-corrected chi connectivity index (χ3v) is 7.18. The number of halogens is 1. The molecule has 2 aromatic rings. The molecule has 1 aromatic heterocycles. The van der Waals surface area contributed by atoms with E-state index in [2.05, 4.69) is 27.1 Å². The molecule has 32 heavy (non-hydrogen) atoms. The van der Waals surface area contributed by atoms with Crippen molar-refractivity contribution in [1.29, 1.82) is 0 Å². The van der Waals surface area contributed by atoms with Crippen molar-refractivity contribution in [2.45, 2.75) is 50.2 Å². The maximum Gasteiger partial charge on any atom is 0.231 e. The number of fused-ring (bicyclic) bond motifs is 1. The summed E-state index contributed by atoms with van der Waals surface area (Å²) < 4.78 is 0. The fourth-order valence-electron chi connectivity index (χ4n) is 4.93. The molecule has 5 rings (SSSR count). The molecular formula is C24H30ClN5O2. The molecule has 0 spiro atoms. The molecule has 0 radical (unpaired) electrons. The summed E-state index contributed by atoms with van der Waals surface area (Å²) in [5.74, 6) is 1.10. The van der Waals surface area contributed by atoms with Gasteiger partial charge in [-0.2, -0.15) is 0 Å². The number of carbonyl (C=O) groups is 1. The van der Waals surface area contributed by atoms with E-state index >= 15 is 0 Å². The minimum absolute atomic E-state index is 0.164. The van der Waals surface area contributed by atoms with Crippen molar-refractivity contribution in [2.24, 2.45) is 0 Å². The van der Waals surface area contributed by atoms with E-state index in [0.29, 0.717) is 37.1 Å². The Labute approximate surface area is 193 Å². The van der Waals surface area contributed by atoms with Gasteiger partial charge in [-0.25, -0.2) is 9.97 Å². The second kappa shape index (κ2) is 8.96. The van der Waals surface area contributed by atoms with Gasteiger partial charge in [-0.05, 0) is 42.9 Å². The van der Waals surface area contributed by atoms with Crippen LogP contribution in [0.2, 0.25) is 5.02 Å². The molecule has 0 bridgehead atoms. The fraction of sp³-hybridized carbons (Fsp3) is 0.542. The molecule has 8 heteroatoms. The van der Waals surface area contributed by atoms with Crippen LogP contribution in [-0.2, 0) is 4.79 Å². The molecular weight excluding hydrogens is 426 g/mol. The molecule has 1 amide bonds. The number of benzene rings is 1. The van der Waals surface area contributed by atoms with E-state index < -0.39 is 6.10 Å². The average molecular weight is 456 g/mol. The van der Waals surface area contributed by atoms with E-state index in [1.165, 1.54) is 12.8 Å². The van der Waals surface area contributed by atoms with E-state index in [1.54, 1.807) is 6.33 Å². The van der Waals surface area contributed by atoms with Gasteiger partial charge in [-0.15, -0.1) is 0 Å². The number of piperazine rings is 1. The van der Waals surface area contributed by atoms with Crippen molar-refractivity contribution in [3.63, 3.8) is 0 Å². The Kier molecular flexibility index (Phi) is 6.05. The molecule has 1 aliphatic heterocycles. The predicted molar refractivity (Wildman–Crippen MR) is 124 cm³/mol. The second-order valence-corrected chi connectivity index (χ2v) is 9.68. The highest BCUT2D eigenvalue weighted by atomic mass is 35.5. The zero-order chi connectivity index (χ0) is 22.2. The zero-order valence-corrected chi connectivity index (χ0v) is 19.1. The van der Waals surface area contributed by atoms with Crippen LogP contribution >= 0.6 is 11.6 Å². The van der Waals surface area contributed by atoms with Crippen molar-refractivity contribution in [1.82, 2.24) is 20.2 Å². The topological polar surface area (TPSA) is 81.6 Å². The Balaban J connectivity index is 1.28. The number of hydrogen-bond acceptors (Lipinski definition) is 6. The van der Waals surface area contributed by atoms with Crippen LogP contribution in [-0.4, -0.2) is 64.6 Å². The largest absolute Gasteiger partial charge is 0.387 e. The molecule has 3 atom stereocenters. The summed E-state index contributed by atoms with van der Waals surface area (Å²) in [7, 11) is 0. The molecule has 2 aliphatic carbocycles. The van der Waals surface area contributed by atoms with Crippen molar-refractivity contribution in [3.05, 3.63) is 52.4 Å². The number of nitrogens with one attached hydrogen (secondary N) is 1. The van der Waals surface area contributed by atoms with Crippen LogP contribution in [0.4, 0.5) is 5.82 Å². The van der Waals surface area contributed by atoms with E-state index in [-0.39, 0.29) is 17.7 Å². The minimum Gasteiger partial charge on any atom is -0.387 e. The number of nitrogens with zero attached hydrogens (tertiary/aromatic N) is 4. The first-order chi connectivity index (χ1) is 15.5. The maximum atomic E-state index is 13.5. The Morgan fingerprint density at radius 1 is 1.19 bits per heavy atom. The number of aliphatic hydroxyl groups excluding tert-OH is 1. The van der Waals surface area contributed by atoms with Gasteiger partial charge in [0.2, 0.25) is 5.91 Å². The summed E-state index contributed by atoms with van der Waals surface area (Å²) in [6.45, 7) is 5.53. The highest BCUT2D eigenvalue weighted by molar-refractivity contribution is 6.30. The fourth-order valence-corrected chi connectivity index (χ4v) is 5.05.